The minimum Gasteiger partial charge on any atom is -0.381 e. The number of rotatable bonds is 7. The van der Waals surface area contributed by atoms with E-state index in [9.17, 15) is 14.4 Å². The highest BCUT2D eigenvalue weighted by molar-refractivity contribution is 6.00. The van der Waals surface area contributed by atoms with Gasteiger partial charge in [-0.25, -0.2) is 14.8 Å². The Labute approximate surface area is 204 Å². The molecule has 35 heavy (non-hydrogen) atoms. The van der Waals surface area contributed by atoms with Crippen LogP contribution in [-0.2, 0) is 11.3 Å². The lowest BCUT2D eigenvalue weighted by atomic mass is 10.1. The topological polar surface area (TPSA) is 111 Å². The standard InChI is InChI=1S/C25H29N7O3/c1-4-5-17-13-26-22(12-20(17)27-19-7-8-19)29-25(35)31(3)23-9-6-18(21(16-33)28-23)14-32-11-10-30(2)15-24(32)34/h6,9,12-13,16,19H,7-8,10-11,14-15H2,1-3H3,(H2,26,27,29,35). The van der Waals surface area contributed by atoms with Crippen molar-refractivity contribution in [3.8, 4) is 11.8 Å². The zero-order valence-corrected chi connectivity index (χ0v) is 20.2. The SMILES string of the molecule is CC#Cc1cnc(NC(=O)N(C)c2ccc(CN3CCN(C)CC3=O)c(C=O)n2)cc1NC1CC1. The minimum absolute atomic E-state index is 0.00940. The average Bonchev–Trinajstić information content (AvgIpc) is 3.66. The summed E-state index contributed by atoms with van der Waals surface area (Å²) in [5.41, 5.74) is 2.45. The number of pyridine rings is 2. The molecule has 3 heterocycles. The van der Waals surface area contributed by atoms with Crippen LogP contribution in [0.5, 0.6) is 0 Å². The van der Waals surface area contributed by atoms with Gasteiger partial charge in [-0.1, -0.05) is 12.0 Å². The normalized spacial score (nSPS) is 15.7. The molecule has 1 aliphatic heterocycles. The molecule has 0 atom stereocenters. The van der Waals surface area contributed by atoms with E-state index in [1.807, 2.05) is 11.9 Å². The molecule has 2 aromatic rings. The number of hydrogen-bond acceptors (Lipinski definition) is 7. The Kier molecular flexibility index (Phi) is 7.27. The molecule has 10 heteroatoms. The predicted molar refractivity (Wildman–Crippen MR) is 133 cm³/mol. The van der Waals surface area contributed by atoms with Crippen molar-refractivity contribution < 1.29 is 14.4 Å². The van der Waals surface area contributed by atoms with E-state index in [-0.39, 0.29) is 11.6 Å². The highest BCUT2D eigenvalue weighted by Crippen LogP contribution is 2.28. The molecule has 2 aromatic heterocycles. The van der Waals surface area contributed by atoms with E-state index in [2.05, 4.69) is 32.4 Å². The first-order valence-electron chi connectivity index (χ1n) is 11.5. The maximum Gasteiger partial charge on any atom is 0.328 e. The molecular weight excluding hydrogens is 446 g/mol. The Morgan fingerprint density at radius 1 is 1.31 bits per heavy atom. The van der Waals surface area contributed by atoms with Gasteiger partial charge in [0.2, 0.25) is 5.91 Å². The molecule has 0 radical (unpaired) electrons. The van der Waals surface area contributed by atoms with E-state index in [0.29, 0.717) is 49.2 Å². The van der Waals surface area contributed by atoms with Gasteiger partial charge >= 0.3 is 6.03 Å². The Bertz CT molecular complexity index is 1200. The molecular formula is C25H29N7O3. The summed E-state index contributed by atoms with van der Waals surface area (Å²) >= 11 is 0. The van der Waals surface area contributed by atoms with Crippen LogP contribution < -0.4 is 15.5 Å². The molecule has 0 spiro atoms. The van der Waals surface area contributed by atoms with Gasteiger partial charge in [-0.15, -0.1) is 5.92 Å². The van der Waals surface area contributed by atoms with Crippen LogP contribution >= 0.6 is 0 Å². The summed E-state index contributed by atoms with van der Waals surface area (Å²) in [5.74, 6) is 6.60. The number of nitrogens with one attached hydrogen (secondary N) is 2. The van der Waals surface area contributed by atoms with Gasteiger partial charge in [0.05, 0.1) is 17.8 Å². The Balaban J connectivity index is 1.46. The molecule has 1 saturated heterocycles. The second-order valence-electron chi connectivity index (χ2n) is 8.78. The van der Waals surface area contributed by atoms with Gasteiger partial charge in [-0.05, 0) is 32.9 Å². The number of hydrogen-bond donors (Lipinski definition) is 2. The number of nitrogens with zero attached hydrogens (tertiary/aromatic N) is 5. The van der Waals surface area contributed by atoms with Gasteiger partial charge in [-0.3, -0.25) is 24.7 Å². The molecule has 1 saturated carbocycles. The first-order chi connectivity index (χ1) is 16.9. The van der Waals surface area contributed by atoms with Crippen molar-refractivity contribution >= 4 is 35.5 Å². The van der Waals surface area contributed by atoms with Crippen LogP contribution in [0.2, 0.25) is 0 Å². The maximum atomic E-state index is 12.9. The zero-order valence-electron chi connectivity index (χ0n) is 20.2. The first kappa shape index (κ1) is 24.2. The van der Waals surface area contributed by atoms with E-state index in [1.54, 1.807) is 43.3 Å². The molecule has 2 aliphatic rings. The van der Waals surface area contributed by atoms with Gasteiger partial charge in [-0.2, -0.15) is 0 Å². The van der Waals surface area contributed by atoms with E-state index in [1.165, 1.54) is 4.90 Å². The molecule has 0 bridgehead atoms. The predicted octanol–water partition coefficient (Wildman–Crippen LogP) is 2.18. The number of aromatic nitrogens is 2. The minimum atomic E-state index is -0.449. The Morgan fingerprint density at radius 3 is 2.80 bits per heavy atom. The number of piperazine rings is 1. The molecule has 0 unspecified atom stereocenters. The van der Waals surface area contributed by atoms with Gasteiger partial charge < -0.3 is 10.2 Å². The fourth-order valence-electron chi connectivity index (χ4n) is 3.74. The van der Waals surface area contributed by atoms with Crippen LogP contribution in [0.25, 0.3) is 0 Å². The van der Waals surface area contributed by atoms with Crippen LogP contribution in [0.4, 0.5) is 22.1 Å². The smallest absolute Gasteiger partial charge is 0.328 e. The Morgan fingerprint density at radius 2 is 2.11 bits per heavy atom. The third-order valence-corrected chi connectivity index (χ3v) is 5.96. The van der Waals surface area contributed by atoms with Crippen LogP contribution in [0.3, 0.4) is 0 Å². The summed E-state index contributed by atoms with van der Waals surface area (Å²) in [6.07, 6.45) is 4.49. The molecule has 3 amide bonds. The van der Waals surface area contributed by atoms with Gasteiger partial charge in [0.1, 0.15) is 17.3 Å². The van der Waals surface area contributed by atoms with Crippen molar-refractivity contribution in [2.24, 2.45) is 0 Å². The second-order valence-corrected chi connectivity index (χ2v) is 8.78. The lowest BCUT2D eigenvalue weighted by Crippen LogP contribution is -2.48. The van der Waals surface area contributed by atoms with E-state index >= 15 is 0 Å². The van der Waals surface area contributed by atoms with Crippen molar-refractivity contribution in [1.29, 1.82) is 0 Å². The summed E-state index contributed by atoms with van der Waals surface area (Å²) in [7, 11) is 3.47. The lowest BCUT2D eigenvalue weighted by Gasteiger charge is -2.32. The van der Waals surface area contributed by atoms with Crippen LogP contribution in [0.1, 0.15) is 41.4 Å². The number of aldehydes is 1. The molecule has 0 aromatic carbocycles. The van der Waals surface area contributed by atoms with E-state index in [0.717, 1.165) is 30.6 Å². The summed E-state index contributed by atoms with van der Waals surface area (Å²) in [6.45, 7) is 3.78. The number of likely N-dealkylation sites (N-methyl/N-ethyl adjacent to an activating group) is 1. The van der Waals surface area contributed by atoms with Gasteiger partial charge in [0, 0.05) is 50.6 Å². The van der Waals surface area contributed by atoms with E-state index in [4.69, 9.17) is 0 Å². The highest BCUT2D eigenvalue weighted by atomic mass is 16.2. The van der Waals surface area contributed by atoms with E-state index < -0.39 is 6.03 Å². The average molecular weight is 476 g/mol. The number of urea groups is 1. The second kappa shape index (κ2) is 10.5. The third-order valence-electron chi connectivity index (χ3n) is 5.96. The third kappa shape index (κ3) is 5.94. The Hall–Kier alpha value is -3.97. The van der Waals surface area contributed by atoms with Crippen molar-refractivity contribution in [2.75, 3.05) is 49.3 Å². The lowest BCUT2D eigenvalue weighted by molar-refractivity contribution is -0.136. The quantitative estimate of drug-likeness (QED) is 0.466. The number of carbonyl (C=O) groups is 3. The molecule has 10 nitrogen and oxygen atoms in total. The van der Waals surface area contributed by atoms with Crippen molar-refractivity contribution in [1.82, 2.24) is 19.8 Å². The zero-order chi connectivity index (χ0) is 24.9. The van der Waals surface area contributed by atoms with Gasteiger partial charge in [0.15, 0.2) is 6.29 Å². The van der Waals surface area contributed by atoms with Crippen molar-refractivity contribution in [2.45, 2.75) is 32.4 Å². The summed E-state index contributed by atoms with van der Waals surface area (Å²) in [6, 6.07) is 5.14. The summed E-state index contributed by atoms with van der Waals surface area (Å²) in [5, 5.41) is 6.19. The van der Waals surface area contributed by atoms with Crippen LogP contribution in [0.15, 0.2) is 24.4 Å². The van der Waals surface area contributed by atoms with Crippen molar-refractivity contribution in [3.05, 3.63) is 41.2 Å². The highest BCUT2D eigenvalue weighted by Gasteiger charge is 2.24. The summed E-state index contributed by atoms with van der Waals surface area (Å²) < 4.78 is 0. The number of carbonyl (C=O) groups excluding carboxylic acids is 3. The molecule has 2 N–H and O–H groups in total. The molecule has 1 aliphatic carbocycles. The summed E-state index contributed by atoms with van der Waals surface area (Å²) in [4.78, 5) is 50.6. The maximum absolute atomic E-state index is 12.9. The first-order valence-corrected chi connectivity index (χ1v) is 11.5. The number of amides is 3. The molecule has 182 valence electrons. The number of anilines is 3. The largest absolute Gasteiger partial charge is 0.381 e. The monoisotopic (exact) mass is 475 g/mol. The van der Waals surface area contributed by atoms with Crippen molar-refractivity contribution in [3.63, 3.8) is 0 Å². The fraction of sp³-hybridized carbons (Fsp3) is 0.400. The van der Waals surface area contributed by atoms with Gasteiger partial charge in [0.25, 0.3) is 0 Å². The fourth-order valence-corrected chi connectivity index (χ4v) is 3.74. The molecule has 4 rings (SSSR count). The molecule has 2 fully saturated rings. The van der Waals surface area contributed by atoms with Crippen LogP contribution in [-0.4, -0.2) is 77.8 Å². The van der Waals surface area contributed by atoms with Crippen LogP contribution in [0, 0.1) is 11.8 Å².